The molecule has 1 fully saturated rings. The van der Waals surface area contributed by atoms with Gasteiger partial charge in [-0.2, -0.15) is 0 Å². The Morgan fingerprint density at radius 3 is 2.66 bits per heavy atom. The Balaban J connectivity index is 1.86. The van der Waals surface area contributed by atoms with Gasteiger partial charge in [0.15, 0.2) is 0 Å². The predicted octanol–water partition coefficient (Wildman–Crippen LogP) is 1.89. The zero-order chi connectivity index (χ0) is 20.7. The van der Waals surface area contributed by atoms with Gasteiger partial charge in [-0.1, -0.05) is 18.2 Å². The molecular formula is C21H22N6O2. The van der Waals surface area contributed by atoms with Crippen molar-refractivity contribution >= 4 is 28.7 Å². The van der Waals surface area contributed by atoms with Gasteiger partial charge in [-0.15, -0.1) is 0 Å². The van der Waals surface area contributed by atoms with Crippen LogP contribution in [0.5, 0.6) is 0 Å². The lowest BCUT2D eigenvalue weighted by atomic mass is 10.0. The van der Waals surface area contributed by atoms with Crippen molar-refractivity contribution in [1.29, 1.82) is 0 Å². The normalized spacial score (nSPS) is 17.1. The maximum Gasteiger partial charge on any atom is 0.255 e. The molecule has 0 saturated carbocycles. The number of carbonyl (C=O) groups is 2. The number of nitrogen functional groups attached to an aromatic ring is 1. The van der Waals surface area contributed by atoms with Gasteiger partial charge in [0.25, 0.3) is 5.91 Å². The maximum absolute atomic E-state index is 13.5. The van der Waals surface area contributed by atoms with E-state index < -0.39 is 6.04 Å². The third-order valence-corrected chi connectivity index (χ3v) is 5.38. The minimum absolute atomic E-state index is 0.0636. The molecule has 8 nitrogen and oxygen atoms in total. The van der Waals surface area contributed by atoms with Crippen LogP contribution < -0.4 is 5.73 Å². The zero-order valence-electron chi connectivity index (χ0n) is 16.6. The molecule has 0 aliphatic carbocycles. The maximum atomic E-state index is 13.5. The van der Waals surface area contributed by atoms with Crippen molar-refractivity contribution in [2.45, 2.75) is 19.9 Å². The number of anilines is 1. The van der Waals surface area contributed by atoms with Gasteiger partial charge in [-0.05, 0) is 25.5 Å². The monoisotopic (exact) mass is 390 g/mol. The van der Waals surface area contributed by atoms with Gasteiger partial charge >= 0.3 is 0 Å². The number of rotatable bonds is 2. The van der Waals surface area contributed by atoms with E-state index in [1.54, 1.807) is 42.2 Å². The largest absolute Gasteiger partial charge is 0.368 e. The second-order valence-electron chi connectivity index (χ2n) is 7.29. The average Bonchev–Trinajstić information content (AvgIpc) is 2.72. The first-order chi connectivity index (χ1) is 13.9. The molecule has 2 aromatic heterocycles. The number of aryl methyl sites for hydroxylation is 1. The first kappa shape index (κ1) is 18.8. The van der Waals surface area contributed by atoms with E-state index in [9.17, 15) is 9.59 Å². The number of aromatic nitrogens is 3. The Morgan fingerprint density at radius 2 is 1.93 bits per heavy atom. The number of hydrogen-bond donors (Lipinski definition) is 1. The van der Waals surface area contributed by atoms with E-state index in [1.165, 1.54) is 0 Å². The Kier molecular flexibility index (Phi) is 4.62. The van der Waals surface area contributed by atoms with E-state index >= 15 is 0 Å². The molecule has 0 bridgehead atoms. The van der Waals surface area contributed by atoms with Crippen LogP contribution in [0.4, 0.5) is 5.95 Å². The molecule has 8 heteroatoms. The molecule has 4 rings (SSSR count). The number of nitrogens with zero attached hydrogens (tertiary/aromatic N) is 5. The summed E-state index contributed by atoms with van der Waals surface area (Å²) in [4.78, 5) is 42.0. The summed E-state index contributed by atoms with van der Waals surface area (Å²) in [6, 6.07) is 6.97. The van der Waals surface area contributed by atoms with Crippen LogP contribution >= 0.6 is 0 Å². The summed E-state index contributed by atoms with van der Waals surface area (Å²) in [7, 11) is 1.76. The Hall–Kier alpha value is -3.55. The average molecular weight is 390 g/mol. The second-order valence-corrected chi connectivity index (χ2v) is 7.29. The van der Waals surface area contributed by atoms with Gasteiger partial charge in [0.2, 0.25) is 11.9 Å². The fraction of sp³-hybridized carbons (Fsp3) is 0.286. The van der Waals surface area contributed by atoms with E-state index in [1.807, 2.05) is 25.1 Å². The van der Waals surface area contributed by atoms with Crippen molar-refractivity contribution in [2.75, 3.05) is 25.9 Å². The molecule has 1 aliphatic heterocycles. The number of nitrogens with two attached hydrogens (primary N) is 1. The van der Waals surface area contributed by atoms with Crippen molar-refractivity contribution < 1.29 is 9.59 Å². The summed E-state index contributed by atoms with van der Waals surface area (Å²) >= 11 is 0. The summed E-state index contributed by atoms with van der Waals surface area (Å²) < 4.78 is 0. The highest BCUT2D eigenvalue weighted by Crippen LogP contribution is 2.28. The van der Waals surface area contributed by atoms with E-state index in [0.29, 0.717) is 29.9 Å². The Morgan fingerprint density at radius 1 is 1.21 bits per heavy atom. The minimum Gasteiger partial charge on any atom is -0.368 e. The van der Waals surface area contributed by atoms with Crippen LogP contribution in [-0.4, -0.2) is 62.7 Å². The molecule has 1 aromatic carbocycles. The quantitative estimate of drug-likeness (QED) is 0.716. The lowest BCUT2D eigenvalue weighted by Crippen LogP contribution is -2.56. The lowest BCUT2D eigenvalue weighted by Gasteiger charge is -2.37. The standard InChI is InChI=1S/C21H22N6O2/c1-12-5-4-6-15-16(20(29)27-8-7-26(3)19(28)13(27)2)9-17(25-18(12)15)14-10-23-21(22)24-11-14/h4-6,9-11,13H,7-8H2,1-3H3,(H2,22,23,24). The van der Waals surface area contributed by atoms with Crippen molar-refractivity contribution in [3.8, 4) is 11.3 Å². The number of benzene rings is 1. The second kappa shape index (κ2) is 7.12. The molecule has 2 N–H and O–H groups in total. The molecule has 0 radical (unpaired) electrons. The summed E-state index contributed by atoms with van der Waals surface area (Å²) in [6.45, 7) is 4.71. The number of hydrogen-bond acceptors (Lipinski definition) is 6. The van der Waals surface area contributed by atoms with Crippen LogP contribution in [0.15, 0.2) is 36.7 Å². The van der Waals surface area contributed by atoms with Crippen LogP contribution in [0.3, 0.4) is 0 Å². The van der Waals surface area contributed by atoms with E-state index in [0.717, 1.165) is 16.5 Å². The summed E-state index contributed by atoms with van der Waals surface area (Å²) in [5, 5.41) is 0.758. The SMILES string of the molecule is Cc1cccc2c(C(=O)N3CCN(C)C(=O)C3C)cc(-c3cnc(N)nc3)nc12. The molecule has 1 atom stereocenters. The van der Waals surface area contributed by atoms with Gasteiger partial charge < -0.3 is 15.5 Å². The van der Waals surface area contributed by atoms with Gasteiger partial charge in [0.1, 0.15) is 6.04 Å². The van der Waals surface area contributed by atoms with Gasteiger partial charge in [0.05, 0.1) is 16.8 Å². The fourth-order valence-electron chi connectivity index (χ4n) is 3.63. The summed E-state index contributed by atoms with van der Waals surface area (Å²) in [6.07, 6.45) is 3.18. The van der Waals surface area contributed by atoms with Crippen molar-refractivity contribution in [3.05, 3.63) is 47.8 Å². The third-order valence-electron chi connectivity index (χ3n) is 5.38. The number of piperazine rings is 1. The highest BCUT2D eigenvalue weighted by molar-refractivity contribution is 6.09. The number of likely N-dealkylation sites (N-methyl/N-ethyl adjacent to an activating group) is 1. The summed E-state index contributed by atoms with van der Waals surface area (Å²) in [5.74, 6) is -0.0762. The fourth-order valence-corrected chi connectivity index (χ4v) is 3.63. The molecule has 3 heterocycles. The number of fused-ring (bicyclic) bond motifs is 1. The predicted molar refractivity (Wildman–Crippen MR) is 110 cm³/mol. The third kappa shape index (κ3) is 3.26. The van der Waals surface area contributed by atoms with Crippen LogP contribution in [0.2, 0.25) is 0 Å². The molecule has 1 aliphatic rings. The first-order valence-corrected chi connectivity index (χ1v) is 9.41. The summed E-state index contributed by atoms with van der Waals surface area (Å²) in [5.41, 5.74) is 9.05. The van der Waals surface area contributed by atoms with Crippen molar-refractivity contribution in [2.24, 2.45) is 0 Å². The zero-order valence-corrected chi connectivity index (χ0v) is 16.6. The number of pyridine rings is 1. The van der Waals surface area contributed by atoms with Crippen molar-refractivity contribution in [3.63, 3.8) is 0 Å². The number of para-hydroxylation sites is 1. The molecule has 2 amide bonds. The van der Waals surface area contributed by atoms with Crippen LogP contribution in [-0.2, 0) is 4.79 Å². The lowest BCUT2D eigenvalue weighted by molar-refractivity contribution is -0.137. The molecule has 1 unspecified atom stereocenters. The molecule has 29 heavy (non-hydrogen) atoms. The minimum atomic E-state index is -0.516. The van der Waals surface area contributed by atoms with Gasteiger partial charge in [-0.25, -0.2) is 15.0 Å². The first-order valence-electron chi connectivity index (χ1n) is 9.41. The molecule has 3 aromatic rings. The molecular weight excluding hydrogens is 368 g/mol. The van der Waals surface area contributed by atoms with Crippen LogP contribution in [0.25, 0.3) is 22.2 Å². The molecule has 0 spiro atoms. The number of carbonyl (C=O) groups excluding carboxylic acids is 2. The van der Waals surface area contributed by atoms with Gasteiger partial charge in [-0.3, -0.25) is 9.59 Å². The Bertz CT molecular complexity index is 1110. The van der Waals surface area contributed by atoms with Crippen LogP contribution in [0.1, 0.15) is 22.8 Å². The van der Waals surface area contributed by atoms with E-state index in [2.05, 4.69) is 9.97 Å². The van der Waals surface area contributed by atoms with E-state index in [-0.39, 0.29) is 17.8 Å². The van der Waals surface area contributed by atoms with Crippen LogP contribution in [0, 0.1) is 6.92 Å². The number of amides is 2. The highest BCUT2D eigenvalue weighted by Gasteiger charge is 2.33. The Labute approximate surface area is 168 Å². The van der Waals surface area contributed by atoms with Gasteiger partial charge in [0, 0.05) is 43.5 Å². The van der Waals surface area contributed by atoms with E-state index in [4.69, 9.17) is 10.7 Å². The molecule has 1 saturated heterocycles. The topological polar surface area (TPSA) is 105 Å². The molecule has 148 valence electrons. The smallest absolute Gasteiger partial charge is 0.255 e. The van der Waals surface area contributed by atoms with Crippen molar-refractivity contribution in [1.82, 2.24) is 24.8 Å². The highest BCUT2D eigenvalue weighted by atomic mass is 16.2.